The Bertz CT molecular complexity index is 408. The van der Waals surface area contributed by atoms with E-state index in [9.17, 15) is 0 Å². The Morgan fingerprint density at radius 2 is 1.89 bits per heavy atom. The van der Waals surface area contributed by atoms with Gasteiger partial charge in [0.2, 0.25) is 0 Å². The first-order valence-corrected chi connectivity index (χ1v) is 7.23. The first-order valence-electron chi connectivity index (χ1n) is 7.23. The fourth-order valence-electron chi connectivity index (χ4n) is 2.50. The minimum absolute atomic E-state index is 0.607. The average molecular weight is 264 g/mol. The highest BCUT2D eigenvalue weighted by atomic mass is 16.7. The summed E-state index contributed by atoms with van der Waals surface area (Å²) in [5, 5.41) is 0. The molecule has 106 valence electrons. The van der Waals surface area contributed by atoms with Gasteiger partial charge in [0.25, 0.3) is 0 Å². The maximum atomic E-state index is 5.94. The number of aryl methyl sites for hydroxylation is 1. The summed E-state index contributed by atoms with van der Waals surface area (Å²) in [6.45, 7) is 8.37. The molecule has 1 aromatic carbocycles. The lowest BCUT2D eigenvalue weighted by Crippen LogP contribution is -2.28. The zero-order valence-electron chi connectivity index (χ0n) is 12.2. The van der Waals surface area contributed by atoms with Crippen LogP contribution in [0.3, 0.4) is 0 Å². The molecule has 0 saturated carbocycles. The molecule has 1 fully saturated rings. The first kappa shape index (κ1) is 14.4. The van der Waals surface area contributed by atoms with Gasteiger partial charge in [-0.1, -0.05) is 31.9 Å². The summed E-state index contributed by atoms with van der Waals surface area (Å²) in [5.41, 5.74) is 2.24. The van der Waals surface area contributed by atoms with E-state index in [0.717, 1.165) is 37.2 Å². The Morgan fingerprint density at radius 3 is 2.53 bits per heavy atom. The average Bonchev–Trinajstić information content (AvgIpc) is 2.87. The topological polar surface area (TPSA) is 27.7 Å². The van der Waals surface area contributed by atoms with Crippen LogP contribution in [0.4, 0.5) is 0 Å². The molecule has 1 aliphatic heterocycles. The maximum absolute atomic E-state index is 5.94. The lowest BCUT2D eigenvalue weighted by atomic mass is 9.98. The fraction of sp³-hybridized carbons (Fsp3) is 0.625. The van der Waals surface area contributed by atoms with E-state index in [1.807, 2.05) is 6.07 Å². The van der Waals surface area contributed by atoms with Crippen LogP contribution >= 0.6 is 0 Å². The molecule has 0 unspecified atom stereocenters. The highest BCUT2D eigenvalue weighted by Gasteiger charge is 2.40. The third-order valence-corrected chi connectivity index (χ3v) is 3.34. The van der Waals surface area contributed by atoms with Crippen LogP contribution in [-0.2, 0) is 15.3 Å². The van der Waals surface area contributed by atoms with Gasteiger partial charge in [0.1, 0.15) is 5.75 Å². The van der Waals surface area contributed by atoms with Crippen molar-refractivity contribution in [3.8, 4) is 5.75 Å². The van der Waals surface area contributed by atoms with Crippen molar-refractivity contribution >= 4 is 0 Å². The van der Waals surface area contributed by atoms with Gasteiger partial charge in [-0.25, -0.2) is 0 Å². The number of hydrogen-bond donors (Lipinski definition) is 0. The predicted octanol–water partition coefficient (Wildman–Crippen LogP) is 3.78. The molecular weight excluding hydrogens is 240 g/mol. The molecule has 3 nitrogen and oxygen atoms in total. The zero-order valence-corrected chi connectivity index (χ0v) is 12.2. The van der Waals surface area contributed by atoms with Gasteiger partial charge in [-0.05, 0) is 25.5 Å². The summed E-state index contributed by atoms with van der Waals surface area (Å²) in [4.78, 5) is 0. The summed E-state index contributed by atoms with van der Waals surface area (Å²) in [6, 6.07) is 6.23. The smallest absolute Gasteiger partial charge is 0.198 e. The minimum atomic E-state index is -0.607. The summed E-state index contributed by atoms with van der Waals surface area (Å²) >= 11 is 0. The van der Waals surface area contributed by atoms with Gasteiger partial charge in [-0.2, -0.15) is 0 Å². The lowest BCUT2D eigenvalue weighted by Gasteiger charge is -2.29. The second-order valence-electron chi connectivity index (χ2n) is 5.05. The summed E-state index contributed by atoms with van der Waals surface area (Å²) in [5.74, 6) is 0.284. The molecule has 1 heterocycles. The van der Waals surface area contributed by atoms with Crippen molar-refractivity contribution < 1.29 is 14.2 Å². The molecule has 1 aliphatic rings. The van der Waals surface area contributed by atoms with E-state index in [-0.39, 0.29) is 0 Å². The van der Waals surface area contributed by atoms with Crippen molar-refractivity contribution in [3.05, 3.63) is 29.3 Å². The van der Waals surface area contributed by atoms with Crippen molar-refractivity contribution in [3.63, 3.8) is 0 Å². The second kappa shape index (κ2) is 6.40. The Labute approximate surface area is 115 Å². The van der Waals surface area contributed by atoms with E-state index >= 15 is 0 Å². The highest BCUT2D eigenvalue weighted by Crippen LogP contribution is 2.41. The first-order chi connectivity index (χ1) is 9.22. The summed E-state index contributed by atoms with van der Waals surface area (Å²) in [6.07, 6.45) is 2.87. The van der Waals surface area contributed by atoms with Crippen molar-refractivity contribution in [2.24, 2.45) is 0 Å². The standard InChI is InChI=1S/C16H24O3/c1-4-8-16(18-10-11-19-16)14-12-13(3)6-7-15(14)17-9-5-2/h6-7,12H,4-5,8-11H2,1-3H3. The summed E-state index contributed by atoms with van der Waals surface area (Å²) < 4.78 is 17.7. The number of benzene rings is 1. The number of hydrogen-bond acceptors (Lipinski definition) is 3. The SMILES string of the molecule is CCCOc1ccc(C)cc1C1(CCC)OCCO1. The Kier molecular flexibility index (Phi) is 4.83. The van der Waals surface area contributed by atoms with E-state index < -0.39 is 5.79 Å². The molecule has 0 amide bonds. The van der Waals surface area contributed by atoms with Crippen molar-refractivity contribution in [2.45, 2.75) is 45.8 Å². The normalized spacial score (nSPS) is 17.6. The molecule has 0 aromatic heterocycles. The van der Waals surface area contributed by atoms with Crippen molar-refractivity contribution in [1.82, 2.24) is 0 Å². The molecule has 0 bridgehead atoms. The quantitative estimate of drug-likeness (QED) is 0.782. The molecule has 0 radical (unpaired) electrons. The molecule has 2 rings (SSSR count). The Balaban J connectivity index is 2.36. The molecule has 3 heteroatoms. The molecule has 0 aliphatic carbocycles. The van der Waals surface area contributed by atoms with E-state index in [2.05, 4.69) is 32.9 Å². The molecule has 1 aromatic rings. The predicted molar refractivity (Wildman–Crippen MR) is 75.5 cm³/mol. The van der Waals surface area contributed by atoms with E-state index in [1.54, 1.807) is 0 Å². The van der Waals surface area contributed by atoms with E-state index in [4.69, 9.17) is 14.2 Å². The molecule has 19 heavy (non-hydrogen) atoms. The van der Waals surface area contributed by atoms with Gasteiger partial charge in [0, 0.05) is 6.42 Å². The van der Waals surface area contributed by atoms with Gasteiger partial charge in [0.05, 0.1) is 25.4 Å². The Hall–Kier alpha value is -1.06. The van der Waals surface area contributed by atoms with Crippen LogP contribution in [0.15, 0.2) is 18.2 Å². The van der Waals surface area contributed by atoms with Crippen molar-refractivity contribution in [2.75, 3.05) is 19.8 Å². The van der Waals surface area contributed by atoms with E-state index in [0.29, 0.717) is 13.2 Å². The number of rotatable bonds is 6. The van der Waals surface area contributed by atoms with Crippen LogP contribution in [0.2, 0.25) is 0 Å². The zero-order chi connectivity index (χ0) is 13.7. The minimum Gasteiger partial charge on any atom is -0.493 e. The van der Waals surface area contributed by atoms with Crippen LogP contribution in [0, 0.1) is 6.92 Å². The molecule has 1 saturated heterocycles. The third-order valence-electron chi connectivity index (χ3n) is 3.34. The van der Waals surface area contributed by atoms with Gasteiger partial charge in [-0.3, -0.25) is 0 Å². The van der Waals surface area contributed by atoms with Crippen molar-refractivity contribution in [1.29, 1.82) is 0 Å². The van der Waals surface area contributed by atoms with Gasteiger partial charge in [0.15, 0.2) is 5.79 Å². The van der Waals surface area contributed by atoms with Crippen LogP contribution in [0.25, 0.3) is 0 Å². The largest absolute Gasteiger partial charge is 0.493 e. The van der Waals surface area contributed by atoms with Gasteiger partial charge < -0.3 is 14.2 Å². The number of ether oxygens (including phenoxy) is 3. The van der Waals surface area contributed by atoms with Crippen LogP contribution in [0.1, 0.15) is 44.2 Å². The third kappa shape index (κ3) is 3.10. The monoisotopic (exact) mass is 264 g/mol. The molecule has 0 atom stereocenters. The van der Waals surface area contributed by atoms with Gasteiger partial charge >= 0.3 is 0 Å². The molecule has 0 spiro atoms. The second-order valence-corrected chi connectivity index (χ2v) is 5.05. The highest BCUT2D eigenvalue weighted by molar-refractivity contribution is 5.40. The van der Waals surface area contributed by atoms with Crippen LogP contribution < -0.4 is 4.74 Å². The Morgan fingerprint density at radius 1 is 1.16 bits per heavy atom. The van der Waals surface area contributed by atoms with Crippen LogP contribution in [-0.4, -0.2) is 19.8 Å². The van der Waals surface area contributed by atoms with E-state index in [1.165, 1.54) is 5.56 Å². The van der Waals surface area contributed by atoms with Gasteiger partial charge in [-0.15, -0.1) is 0 Å². The molecular formula is C16H24O3. The molecule has 0 N–H and O–H groups in total. The lowest BCUT2D eigenvalue weighted by molar-refractivity contribution is -0.172. The van der Waals surface area contributed by atoms with Crippen LogP contribution in [0.5, 0.6) is 5.75 Å². The maximum Gasteiger partial charge on any atom is 0.198 e. The fourth-order valence-corrected chi connectivity index (χ4v) is 2.50. The summed E-state index contributed by atoms with van der Waals surface area (Å²) in [7, 11) is 0.